The molecule has 0 atom stereocenters. The highest BCUT2D eigenvalue weighted by Gasteiger charge is 2.19. The van der Waals surface area contributed by atoms with Crippen molar-refractivity contribution in [1.29, 1.82) is 5.26 Å². The topological polar surface area (TPSA) is 66.9 Å². The maximum atomic E-state index is 10.9. The van der Waals surface area contributed by atoms with Gasteiger partial charge in [-0.1, -0.05) is 61.0 Å². The number of hydrogen-bond donors (Lipinski definition) is 0. The third-order valence-corrected chi connectivity index (χ3v) is 5.34. The van der Waals surface area contributed by atoms with Gasteiger partial charge in [-0.15, -0.1) is 0 Å². The van der Waals surface area contributed by atoms with E-state index in [1.807, 2.05) is 12.1 Å². The first-order valence-electron chi connectivity index (χ1n) is 8.16. The summed E-state index contributed by atoms with van der Waals surface area (Å²) in [7, 11) is 0. The number of nitrogens with zero attached hydrogens (tertiary/aromatic N) is 2. The van der Waals surface area contributed by atoms with Crippen LogP contribution in [-0.2, 0) is 6.42 Å². The van der Waals surface area contributed by atoms with Gasteiger partial charge in [-0.2, -0.15) is 5.26 Å². The lowest BCUT2D eigenvalue weighted by Crippen LogP contribution is -2.01. The summed E-state index contributed by atoms with van der Waals surface area (Å²) in [6.45, 7) is 0. The molecule has 25 heavy (non-hydrogen) atoms. The standard InChI is InChI=1S/C19H16Cl2N2O2/c20-17-9-16(23(24)25)10-18(21)19(17)14-6-5-13(15(8-14)11-22)7-12-3-1-2-4-12/h5-6,8-10,12H,1-4,7H2. The molecule has 2 aromatic rings. The molecular formula is C19H16Cl2N2O2. The van der Waals surface area contributed by atoms with Crippen molar-refractivity contribution in [3.8, 4) is 17.2 Å². The van der Waals surface area contributed by atoms with Crippen LogP contribution in [0.5, 0.6) is 0 Å². The summed E-state index contributed by atoms with van der Waals surface area (Å²) >= 11 is 12.4. The first-order chi connectivity index (χ1) is 12.0. The molecule has 0 N–H and O–H groups in total. The van der Waals surface area contributed by atoms with Crippen LogP contribution >= 0.6 is 23.2 Å². The summed E-state index contributed by atoms with van der Waals surface area (Å²) in [6.07, 6.45) is 5.86. The Balaban J connectivity index is 1.98. The summed E-state index contributed by atoms with van der Waals surface area (Å²) in [5, 5.41) is 20.8. The average molecular weight is 375 g/mol. The quantitative estimate of drug-likeness (QED) is 0.474. The fourth-order valence-corrected chi connectivity index (χ4v) is 4.17. The molecule has 3 rings (SSSR count). The lowest BCUT2D eigenvalue weighted by atomic mass is 9.92. The van der Waals surface area contributed by atoms with Gasteiger partial charge >= 0.3 is 0 Å². The van der Waals surface area contributed by atoms with Crippen LogP contribution in [0.25, 0.3) is 11.1 Å². The zero-order valence-corrected chi connectivity index (χ0v) is 15.0. The zero-order chi connectivity index (χ0) is 18.0. The van der Waals surface area contributed by atoms with E-state index in [1.54, 1.807) is 6.07 Å². The Hall–Kier alpha value is -2.09. The number of nitriles is 1. The molecule has 0 unspecified atom stereocenters. The van der Waals surface area contributed by atoms with Crippen molar-refractivity contribution in [3.05, 3.63) is 61.6 Å². The molecule has 1 aliphatic rings. The van der Waals surface area contributed by atoms with E-state index in [4.69, 9.17) is 23.2 Å². The molecule has 1 aliphatic carbocycles. The van der Waals surface area contributed by atoms with Crippen LogP contribution in [-0.4, -0.2) is 4.92 Å². The molecule has 0 heterocycles. The van der Waals surface area contributed by atoms with Crippen molar-refractivity contribution in [1.82, 2.24) is 0 Å². The number of nitro groups is 1. The lowest BCUT2D eigenvalue weighted by Gasteiger charge is -2.13. The Kier molecular flexibility index (Phi) is 5.27. The van der Waals surface area contributed by atoms with Crippen LogP contribution in [0.4, 0.5) is 5.69 Å². The molecule has 1 saturated carbocycles. The molecule has 4 nitrogen and oxygen atoms in total. The zero-order valence-electron chi connectivity index (χ0n) is 13.5. The molecule has 1 fully saturated rings. The van der Waals surface area contributed by atoms with Gasteiger partial charge in [0.15, 0.2) is 0 Å². The summed E-state index contributed by atoms with van der Waals surface area (Å²) in [5.74, 6) is 0.643. The number of halogens is 2. The van der Waals surface area contributed by atoms with E-state index in [9.17, 15) is 15.4 Å². The van der Waals surface area contributed by atoms with E-state index in [-0.39, 0.29) is 15.7 Å². The Morgan fingerprint density at radius 2 is 1.80 bits per heavy atom. The SMILES string of the molecule is N#Cc1cc(-c2c(Cl)cc([N+](=O)[O-])cc2Cl)ccc1CC1CCCC1. The second kappa shape index (κ2) is 7.43. The van der Waals surface area contributed by atoms with Gasteiger partial charge in [0.2, 0.25) is 0 Å². The molecule has 0 radical (unpaired) electrons. The highest BCUT2D eigenvalue weighted by molar-refractivity contribution is 6.39. The minimum atomic E-state index is -0.535. The molecule has 0 aromatic heterocycles. The summed E-state index contributed by atoms with van der Waals surface area (Å²) in [6, 6.07) is 10.4. The highest BCUT2D eigenvalue weighted by atomic mass is 35.5. The number of hydrogen-bond acceptors (Lipinski definition) is 3. The molecule has 6 heteroatoms. The summed E-state index contributed by atoms with van der Waals surface area (Å²) in [5.41, 5.74) is 2.69. The van der Waals surface area contributed by atoms with Crippen molar-refractivity contribution in [3.63, 3.8) is 0 Å². The molecule has 0 saturated heterocycles. The molecular weight excluding hydrogens is 359 g/mol. The predicted molar refractivity (Wildman–Crippen MR) is 98.9 cm³/mol. The Morgan fingerprint density at radius 1 is 1.16 bits per heavy atom. The summed E-state index contributed by atoms with van der Waals surface area (Å²) in [4.78, 5) is 10.4. The van der Waals surface area contributed by atoms with Gasteiger partial charge in [-0.05, 0) is 29.5 Å². The van der Waals surface area contributed by atoms with Crippen LogP contribution in [0.2, 0.25) is 10.0 Å². The second-order valence-corrected chi connectivity index (χ2v) is 7.19. The molecule has 128 valence electrons. The number of nitro benzene ring substituents is 1. The average Bonchev–Trinajstić information content (AvgIpc) is 3.08. The molecule has 2 aromatic carbocycles. The van der Waals surface area contributed by atoms with Crippen LogP contribution in [0.15, 0.2) is 30.3 Å². The van der Waals surface area contributed by atoms with Crippen LogP contribution < -0.4 is 0 Å². The molecule has 0 aliphatic heterocycles. The van der Waals surface area contributed by atoms with E-state index in [2.05, 4.69) is 6.07 Å². The van der Waals surface area contributed by atoms with Gasteiger partial charge < -0.3 is 0 Å². The number of non-ortho nitro benzene ring substituents is 1. The van der Waals surface area contributed by atoms with E-state index < -0.39 is 4.92 Å². The lowest BCUT2D eigenvalue weighted by molar-refractivity contribution is -0.384. The fourth-order valence-electron chi connectivity index (χ4n) is 3.48. The number of benzene rings is 2. The minimum absolute atomic E-state index is 0.155. The van der Waals surface area contributed by atoms with Crippen molar-refractivity contribution in [2.24, 2.45) is 5.92 Å². The van der Waals surface area contributed by atoms with Crippen molar-refractivity contribution >= 4 is 28.9 Å². The van der Waals surface area contributed by atoms with E-state index in [0.717, 1.165) is 12.0 Å². The second-order valence-electron chi connectivity index (χ2n) is 6.38. The first kappa shape index (κ1) is 17.7. The molecule has 0 bridgehead atoms. The number of rotatable bonds is 4. The van der Waals surface area contributed by atoms with E-state index in [0.29, 0.717) is 22.6 Å². The normalized spacial score (nSPS) is 14.4. The van der Waals surface area contributed by atoms with Gasteiger partial charge in [-0.3, -0.25) is 10.1 Å². The maximum absolute atomic E-state index is 10.9. The minimum Gasteiger partial charge on any atom is -0.258 e. The van der Waals surface area contributed by atoms with Gasteiger partial charge in [0.1, 0.15) is 0 Å². The van der Waals surface area contributed by atoms with Crippen LogP contribution in [0, 0.1) is 27.4 Å². The largest absolute Gasteiger partial charge is 0.272 e. The Bertz CT molecular complexity index is 845. The third kappa shape index (κ3) is 3.78. The van der Waals surface area contributed by atoms with Gasteiger partial charge in [0.05, 0.1) is 26.6 Å². The van der Waals surface area contributed by atoms with Crippen LogP contribution in [0.1, 0.15) is 36.8 Å². The van der Waals surface area contributed by atoms with E-state index in [1.165, 1.54) is 37.8 Å². The summed E-state index contributed by atoms with van der Waals surface area (Å²) < 4.78 is 0. The third-order valence-electron chi connectivity index (χ3n) is 4.74. The van der Waals surface area contributed by atoms with Crippen LogP contribution in [0.3, 0.4) is 0 Å². The fraction of sp³-hybridized carbons (Fsp3) is 0.316. The monoisotopic (exact) mass is 374 g/mol. The highest BCUT2D eigenvalue weighted by Crippen LogP contribution is 2.39. The van der Waals surface area contributed by atoms with Gasteiger partial charge in [0.25, 0.3) is 5.69 Å². The van der Waals surface area contributed by atoms with Crippen molar-refractivity contribution < 1.29 is 4.92 Å². The maximum Gasteiger partial charge on any atom is 0.272 e. The predicted octanol–water partition coefficient (Wildman–Crippen LogP) is 6.17. The van der Waals surface area contributed by atoms with E-state index >= 15 is 0 Å². The first-order valence-corrected chi connectivity index (χ1v) is 8.92. The van der Waals surface area contributed by atoms with Gasteiger partial charge in [-0.25, -0.2) is 0 Å². The smallest absolute Gasteiger partial charge is 0.258 e. The van der Waals surface area contributed by atoms with Crippen molar-refractivity contribution in [2.45, 2.75) is 32.1 Å². The molecule has 0 spiro atoms. The van der Waals surface area contributed by atoms with Crippen molar-refractivity contribution in [2.75, 3.05) is 0 Å². The Labute approximate surface area is 156 Å². The Morgan fingerprint density at radius 3 is 2.36 bits per heavy atom. The molecule has 0 amide bonds. The van der Waals surface area contributed by atoms with Gasteiger partial charge in [0, 0.05) is 17.7 Å².